The van der Waals surface area contributed by atoms with Gasteiger partial charge in [0.1, 0.15) is 0 Å². The summed E-state index contributed by atoms with van der Waals surface area (Å²) >= 11 is 0.0953. The Balaban J connectivity index is 3.02. The van der Waals surface area contributed by atoms with Gasteiger partial charge in [-0.3, -0.25) is 0 Å². The van der Waals surface area contributed by atoms with E-state index in [0.29, 0.717) is 0 Å². The van der Waals surface area contributed by atoms with E-state index in [0.717, 1.165) is 11.0 Å². The number of aryl methyl sites for hydroxylation is 2. The molecule has 1 aromatic carbocycles. The first kappa shape index (κ1) is 8.92. The van der Waals surface area contributed by atoms with Crippen molar-refractivity contribution in [3.05, 3.63) is 22.3 Å². The molecular weight excluding hydrogens is 227 g/mol. The number of rotatable bonds is 0. The molecule has 0 N–H and O–H groups in total. The molecule has 0 aliphatic rings. The van der Waals surface area contributed by atoms with Crippen molar-refractivity contribution < 1.29 is 0 Å². The predicted molar refractivity (Wildman–Crippen MR) is 55.4 cm³/mol. The predicted octanol–water partition coefficient (Wildman–Crippen LogP) is 1.92. The normalized spacial score (nSPS) is 11.1. The molecule has 0 saturated carbocycles. The molecule has 0 unspecified atom stereocenters. The van der Waals surface area contributed by atoms with Crippen molar-refractivity contribution in [1.82, 2.24) is 7.96 Å². The van der Waals surface area contributed by atoms with Gasteiger partial charge >= 0.3 is 83.9 Å². The van der Waals surface area contributed by atoms with E-state index < -0.39 is 0 Å². The van der Waals surface area contributed by atoms with Gasteiger partial charge in [0.15, 0.2) is 0 Å². The summed E-state index contributed by atoms with van der Waals surface area (Å²) in [7, 11) is 0. The van der Waals surface area contributed by atoms with Gasteiger partial charge in [-0.15, -0.1) is 0 Å². The zero-order chi connectivity index (χ0) is 9.59. The molecule has 0 atom stereocenters. The summed E-state index contributed by atoms with van der Waals surface area (Å²) in [4.78, 5) is 0. The zero-order valence-corrected chi connectivity index (χ0v) is 10.0. The fraction of sp³-hybridized carbons (Fsp3) is 0.400. The topological polar surface area (TPSA) is 25.8 Å². The van der Waals surface area contributed by atoms with E-state index >= 15 is 0 Å². The second-order valence-corrected chi connectivity index (χ2v) is 4.57. The maximum atomic E-state index is 4.46. The van der Waals surface area contributed by atoms with Gasteiger partial charge in [-0.2, -0.15) is 0 Å². The zero-order valence-electron chi connectivity index (χ0n) is 8.30. The third kappa shape index (κ3) is 1.15. The Morgan fingerprint density at radius 2 is 1.08 bits per heavy atom. The van der Waals surface area contributed by atoms with Crippen LogP contribution in [0.3, 0.4) is 0 Å². The molecule has 3 heteroatoms. The minimum atomic E-state index is 0.0953. The molecule has 0 amide bonds. The Bertz CT molecular complexity index is 429. The summed E-state index contributed by atoms with van der Waals surface area (Å²) in [6.07, 6.45) is 0. The van der Waals surface area contributed by atoms with Crippen LogP contribution in [0.15, 0.2) is 0 Å². The van der Waals surface area contributed by atoms with Crippen LogP contribution in [0.25, 0.3) is 11.0 Å². The molecule has 0 spiro atoms. The Hall–Kier alpha value is -0.661. The summed E-state index contributed by atoms with van der Waals surface area (Å²) in [6.45, 7) is 8.61. The van der Waals surface area contributed by atoms with Crippen molar-refractivity contribution in [3.63, 3.8) is 0 Å². The summed E-state index contributed by atoms with van der Waals surface area (Å²) in [5.74, 6) is 0. The molecule has 0 fully saturated rings. The first-order valence-electron chi connectivity index (χ1n) is 4.31. The minimum absolute atomic E-state index is 0.0953. The van der Waals surface area contributed by atoms with Crippen LogP contribution in [0.5, 0.6) is 0 Å². The Labute approximate surface area is 84.2 Å². The molecule has 0 aliphatic carbocycles. The van der Waals surface area contributed by atoms with Crippen molar-refractivity contribution in [2.24, 2.45) is 0 Å². The molecular formula is C10H12N2Se. The average Bonchev–Trinajstić information content (AvgIpc) is 2.59. The molecule has 2 rings (SSSR count). The maximum absolute atomic E-state index is 4.46. The molecule has 0 radical (unpaired) electrons. The van der Waals surface area contributed by atoms with Gasteiger partial charge in [0, 0.05) is 0 Å². The van der Waals surface area contributed by atoms with Crippen molar-refractivity contribution in [3.8, 4) is 0 Å². The number of hydrogen-bond acceptors (Lipinski definition) is 2. The molecule has 0 aliphatic heterocycles. The molecule has 1 heterocycles. The van der Waals surface area contributed by atoms with E-state index in [1.165, 1.54) is 22.3 Å². The SMILES string of the molecule is Cc1c(C)c(C)c2n[se]nc2c1C. The standard InChI is InChI=1S/C10H12N2Se/c1-5-6(2)8(4)10-9(7(5)3)11-13-12-10/h1-4H3. The number of fused-ring (bicyclic) bond motifs is 1. The molecule has 0 saturated heterocycles. The van der Waals surface area contributed by atoms with Crippen LogP contribution in [0.2, 0.25) is 0 Å². The van der Waals surface area contributed by atoms with Crippen LogP contribution in [-0.4, -0.2) is 22.9 Å². The van der Waals surface area contributed by atoms with Crippen molar-refractivity contribution in [2.75, 3.05) is 0 Å². The molecule has 13 heavy (non-hydrogen) atoms. The van der Waals surface area contributed by atoms with Gasteiger partial charge in [-0.1, -0.05) is 0 Å². The van der Waals surface area contributed by atoms with Crippen LogP contribution in [0, 0.1) is 27.7 Å². The van der Waals surface area contributed by atoms with Crippen molar-refractivity contribution >= 4 is 26.0 Å². The van der Waals surface area contributed by atoms with E-state index in [1.54, 1.807) is 0 Å². The van der Waals surface area contributed by atoms with Crippen LogP contribution < -0.4 is 0 Å². The number of aromatic nitrogens is 2. The second-order valence-electron chi connectivity index (χ2n) is 3.46. The monoisotopic (exact) mass is 240 g/mol. The van der Waals surface area contributed by atoms with Crippen LogP contribution in [0.1, 0.15) is 22.3 Å². The quantitative estimate of drug-likeness (QED) is 0.656. The number of hydrogen-bond donors (Lipinski definition) is 0. The van der Waals surface area contributed by atoms with Crippen molar-refractivity contribution in [1.29, 1.82) is 0 Å². The molecule has 2 aromatic rings. The molecule has 2 nitrogen and oxygen atoms in total. The number of benzene rings is 1. The summed E-state index contributed by atoms with van der Waals surface area (Å²) in [5.41, 5.74) is 7.63. The van der Waals surface area contributed by atoms with E-state index in [-0.39, 0.29) is 15.0 Å². The van der Waals surface area contributed by atoms with E-state index in [4.69, 9.17) is 0 Å². The van der Waals surface area contributed by atoms with Gasteiger partial charge in [-0.05, 0) is 0 Å². The summed E-state index contributed by atoms with van der Waals surface area (Å²) < 4.78 is 8.91. The number of nitrogens with zero attached hydrogens (tertiary/aromatic N) is 2. The summed E-state index contributed by atoms with van der Waals surface area (Å²) in [5, 5.41) is 0. The fourth-order valence-corrected chi connectivity index (χ4v) is 2.96. The van der Waals surface area contributed by atoms with E-state index in [1.807, 2.05) is 0 Å². The average molecular weight is 239 g/mol. The first-order chi connectivity index (χ1) is 6.13. The summed E-state index contributed by atoms with van der Waals surface area (Å²) in [6, 6.07) is 0. The van der Waals surface area contributed by atoms with E-state index in [9.17, 15) is 0 Å². The van der Waals surface area contributed by atoms with Crippen LogP contribution >= 0.6 is 0 Å². The van der Waals surface area contributed by atoms with Gasteiger partial charge < -0.3 is 0 Å². The van der Waals surface area contributed by atoms with Gasteiger partial charge in [0.25, 0.3) is 0 Å². The third-order valence-corrected chi connectivity index (χ3v) is 4.00. The first-order valence-corrected chi connectivity index (χ1v) is 5.84. The molecule has 1 aromatic heterocycles. The Morgan fingerprint density at radius 3 is 1.46 bits per heavy atom. The molecule has 68 valence electrons. The van der Waals surface area contributed by atoms with Gasteiger partial charge in [0.05, 0.1) is 0 Å². The van der Waals surface area contributed by atoms with Crippen LogP contribution in [0.4, 0.5) is 0 Å². The Morgan fingerprint density at radius 1 is 0.692 bits per heavy atom. The van der Waals surface area contributed by atoms with Crippen molar-refractivity contribution in [2.45, 2.75) is 27.7 Å². The third-order valence-electron chi connectivity index (χ3n) is 2.89. The van der Waals surface area contributed by atoms with Gasteiger partial charge in [-0.25, -0.2) is 0 Å². The Kier molecular flexibility index (Phi) is 2.01. The van der Waals surface area contributed by atoms with Gasteiger partial charge in [0.2, 0.25) is 0 Å². The van der Waals surface area contributed by atoms with Crippen LogP contribution in [-0.2, 0) is 0 Å². The molecule has 0 bridgehead atoms. The second kappa shape index (κ2) is 2.93. The van der Waals surface area contributed by atoms with E-state index in [2.05, 4.69) is 35.7 Å². The fourth-order valence-electron chi connectivity index (χ4n) is 1.60.